The molecule has 3 N–H and O–H groups in total. The van der Waals surface area contributed by atoms with Gasteiger partial charge in [-0.3, -0.25) is 14.4 Å². The van der Waals surface area contributed by atoms with Crippen LogP contribution in [0, 0.1) is 0 Å². The summed E-state index contributed by atoms with van der Waals surface area (Å²) in [5.74, 6) is -1.75. The van der Waals surface area contributed by atoms with Crippen LogP contribution < -0.4 is 16.1 Å². The van der Waals surface area contributed by atoms with E-state index in [0.717, 1.165) is 4.31 Å². The van der Waals surface area contributed by atoms with E-state index in [2.05, 4.69) is 21.2 Å². The highest BCUT2D eigenvalue weighted by Gasteiger charge is 2.27. The van der Waals surface area contributed by atoms with Gasteiger partial charge in [0, 0.05) is 17.3 Å². The molecule has 216 valence electrons. The summed E-state index contributed by atoms with van der Waals surface area (Å²) in [6, 6.07) is 26.2. The summed E-state index contributed by atoms with van der Waals surface area (Å²) in [6.07, 6.45) is 1.22. The predicted octanol–water partition coefficient (Wildman–Crippen LogP) is 3.53. The highest BCUT2D eigenvalue weighted by Crippen LogP contribution is 2.20. The monoisotopic (exact) mass is 607 g/mol. The first-order valence-electron chi connectivity index (χ1n) is 12.6. The smallest absolute Gasteiger partial charge is 0.313 e. The third kappa shape index (κ3) is 8.61. The van der Waals surface area contributed by atoms with Gasteiger partial charge in [0.05, 0.1) is 24.2 Å². The number of nitrogens with one attached hydrogen (secondary N) is 3. The summed E-state index contributed by atoms with van der Waals surface area (Å²) < 4.78 is 33.2. The molecule has 0 aliphatic carbocycles. The van der Waals surface area contributed by atoms with Crippen LogP contribution in [0.15, 0.2) is 111 Å². The van der Waals surface area contributed by atoms with E-state index in [9.17, 15) is 22.8 Å². The van der Waals surface area contributed by atoms with Crippen molar-refractivity contribution in [2.24, 2.45) is 5.10 Å². The lowest BCUT2D eigenvalue weighted by molar-refractivity contribution is -0.136. The van der Waals surface area contributed by atoms with Crippen LogP contribution in [0.2, 0.25) is 5.02 Å². The summed E-state index contributed by atoms with van der Waals surface area (Å²) in [4.78, 5) is 36.7. The first-order valence-corrected chi connectivity index (χ1v) is 14.4. The molecule has 3 aromatic carbocycles. The Hall–Kier alpha value is -4.78. The molecule has 1 aromatic heterocycles. The fourth-order valence-corrected chi connectivity index (χ4v) is 5.16. The molecule has 0 atom stereocenters. The first kappa shape index (κ1) is 30.2. The van der Waals surface area contributed by atoms with Crippen molar-refractivity contribution in [2.75, 3.05) is 11.9 Å². The minimum absolute atomic E-state index is 0.00751. The van der Waals surface area contributed by atoms with Gasteiger partial charge in [-0.1, -0.05) is 60.1 Å². The predicted molar refractivity (Wildman–Crippen MR) is 157 cm³/mol. The number of halogens is 1. The topological polar surface area (TPSA) is 150 Å². The molecule has 0 fully saturated rings. The average molecular weight is 608 g/mol. The second-order valence-electron chi connectivity index (χ2n) is 8.81. The van der Waals surface area contributed by atoms with E-state index < -0.39 is 34.3 Å². The molecule has 42 heavy (non-hydrogen) atoms. The van der Waals surface area contributed by atoms with Gasteiger partial charge in [-0.15, -0.1) is 0 Å². The molecule has 0 aliphatic rings. The molecule has 3 amide bonds. The first-order chi connectivity index (χ1) is 20.2. The third-order valence-electron chi connectivity index (χ3n) is 5.70. The van der Waals surface area contributed by atoms with Crippen molar-refractivity contribution in [1.29, 1.82) is 0 Å². The molecule has 4 aromatic rings. The van der Waals surface area contributed by atoms with Gasteiger partial charge >= 0.3 is 11.8 Å². The lowest BCUT2D eigenvalue weighted by Crippen LogP contribution is -2.39. The van der Waals surface area contributed by atoms with Crippen molar-refractivity contribution in [3.63, 3.8) is 0 Å². The lowest BCUT2D eigenvalue weighted by Gasteiger charge is -2.21. The zero-order valence-corrected chi connectivity index (χ0v) is 23.6. The number of furan rings is 1. The number of sulfonamides is 1. The van der Waals surface area contributed by atoms with E-state index in [1.54, 1.807) is 72.8 Å². The SMILES string of the molecule is O=C(CN(Cc1ccccc1)S(=O)(=O)c1ccc(Cl)cc1)N/N=C\c1ccc(CNC(=O)C(=O)Nc2ccccc2)o1. The number of nitrogens with zero attached hydrogens (tertiary/aromatic N) is 2. The highest BCUT2D eigenvalue weighted by atomic mass is 35.5. The second kappa shape index (κ2) is 14.2. The second-order valence-corrected chi connectivity index (χ2v) is 11.2. The van der Waals surface area contributed by atoms with E-state index in [1.165, 1.54) is 30.5 Å². The van der Waals surface area contributed by atoms with Crippen LogP contribution in [0.3, 0.4) is 0 Å². The summed E-state index contributed by atoms with van der Waals surface area (Å²) in [7, 11) is -4.04. The molecule has 1 heterocycles. The zero-order valence-electron chi connectivity index (χ0n) is 22.1. The fraction of sp³-hybridized carbons (Fsp3) is 0.103. The number of hydrogen-bond acceptors (Lipinski definition) is 7. The van der Waals surface area contributed by atoms with Crippen LogP contribution in [0.1, 0.15) is 17.1 Å². The van der Waals surface area contributed by atoms with Crippen molar-refractivity contribution < 1.29 is 27.2 Å². The third-order valence-corrected chi connectivity index (χ3v) is 7.76. The van der Waals surface area contributed by atoms with Gasteiger partial charge in [0.25, 0.3) is 5.91 Å². The number of carbonyl (C=O) groups excluding carboxylic acids is 3. The largest absolute Gasteiger partial charge is 0.458 e. The maximum absolute atomic E-state index is 13.3. The molecular weight excluding hydrogens is 582 g/mol. The van der Waals surface area contributed by atoms with E-state index in [0.29, 0.717) is 22.0 Å². The Labute approximate surface area is 247 Å². The van der Waals surface area contributed by atoms with Gasteiger partial charge in [0.1, 0.15) is 11.5 Å². The summed E-state index contributed by atoms with van der Waals surface area (Å²) in [6.45, 7) is -0.602. The Morgan fingerprint density at radius 3 is 2.21 bits per heavy atom. The maximum atomic E-state index is 13.3. The van der Waals surface area contributed by atoms with Crippen LogP contribution in [0.25, 0.3) is 0 Å². The number of hydrazone groups is 1. The normalized spacial score (nSPS) is 11.4. The standard InChI is InChI=1S/C29H26ClN5O6S/c30-22-11-15-26(16-12-22)42(39,40)35(19-21-7-3-1-4-8-21)20-27(36)34-32-18-25-14-13-24(41-25)17-31-28(37)29(38)33-23-9-5-2-6-10-23/h1-16,18H,17,19-20H2,(H,31,37)(H,33,38)(H,34,36)/b32-18-. The number of anilines is 1. The Bertz CT molecular complexity index is 1660. The summed E-state index contributed by atoms with van der Waals surface area (Å²) in [5.41, 5.74) is 3.48. The Morgan fingerprint density at radius 1 is 0.857 bits per heavy atom. The average Bonchev–Trinajstić information content (AvgIpc) is 3.44. The number of amides is 3. The van der Waals surface area contributed by atoms with Crippen molar-refractivity contribution in [2.45, 2.75) is 18.0 Å². The van der Waals surface area contributed by atoms with E-state index >= 15 is 0 Å². The van der Waals surface area contributed by atoms with Crippen molar-refractivity contribution in [3.8, 4) is 0 Å². The van der Waals surface area contributed by atoms with Crippen LogP contribution >= 0.6 is 11.6 Å². The minimum atomic E-state index is -4.04. The van der Waals surface area contributed by atoms with Crippen LogP contribution in [-0.4, -0.2) is 43.2 Å². The molecular formula is C29H26ClN5O6S. The quantitative estimate of drug-likeness (QED) is 0.135. The van der Waals surface area contributed by atoms with E-state index in [-0.39, 0.29) is 23.7 Å². The molecule has 4 rings (SSSR count). The maximum Gasteiger partial charge on any atom is 0.313 e. The summed E-state index contributed by atoms with van der Waals surface area (Å²) in [5, 5.41) is 9.15. The number of hydrogen-bond donors (Lipinski definition) is 3. The van der Waals surface area contributed by atoms with E-state index in [1.807, 2.05) is 0 Å². The van der Waals surface area contributed by atoms with Crippen LogP contribution in [0.5, 0.6) is 0 Å². The molecule has 0 radical (unpaired) electrons. The molecule has 0 saturated heterocycles. The van der Waals surface area contributed by atoms with Crippen molar-refractivity contribution in [3.05, 3.63) is 119 Å². The van der Waals surface area contributed by atoms with E-state index in [4.69, 9.17) is 16.0 Å². The van der Waals surface area contributed by atoms with Gasteiger partial charge in [-0.25, -0.2) is 13.8 Å². The van der Waals surface area contributed by atoms with Crippen LogP contribution in [0.4, 0.5) is 5.69 Å². The van der Waals surface area contributed by atoms with Gasteiger partial charge < -0.3 is 15.1 Å². The fourth-order valence-electron chi connectivity index (χ4n) is 3.65. The lowest BCUT2D eigenvalue weighted by atomic mass is 10.2. The molecule has 0 bridgehead atoms. The number of rotatable bonds is 11. The number of para-hydroxylation sites is 1. The van der Waals surface area contributed by atoms with Gasteiger partial charge in [0.2, 0.25) is 10.0 Å². The molecule has 13 heteroatoms. The minimum Gasteiger partial charge on any atom is -0.458 e. The Kier molecular flexibility index (Phi) is 10.2. The van der Waals surface area contributed by atoms with Gasteiger partial charge in [-0.05, 0) is 54.1 Å². The molecule has 0 aliphatic heterocycles. The van der Waals surface area contributed by atoms with Crippen molar-refractivity contribution in [1.82, 2.24) is 15.0 Å². The van der Waals surface area contributed by atoms with Gasteiger partial charge in [-0.2, -0.15) is 9.41 Å². The zero-order chi connectivity index (χ0) is 30.0. The number of benzene rings is 3. The molecule has 0 saturated carbocycles. The number of carbonyl (C=O) groups is 3. The summed E-state index contributed by atoms with van der Waals surface area (Å²) >= 11 is 5.91. The Morgan fingerprint density at radius 2 is 1.52 bits per heavy atom. The molecule has 11 nitrogen and oxygen atoms in total. The Balaban J connectivity index is 1.32. The van der Waals surface area contributed by atoms with Crippen molar-refractivity contribution >= 4 is 51.2 Å². The van der Waals surface area contributed by atoms with Crippen LogP contribution in [-0.2, 0) is 37.5 Å². The van der Waals surface area contributed by atoms with Gasteiger partial charge in [0.15, 0.2) is 0 Å². The molecule has 0 spiro atoms. The molecule has 0 unspecified atom stereocenters. The highest BCUT2D eigenvalue weighted by molar-refractivity contribution is 7.89.